The molecule has 1 amide bonds. The number of nitrogens with zero attached hydrogens (tertiary/aromatic N) is 2. The summed E-state index contributed by atoms with van der Waals surface area (Å²) in [6.45, 7) is 16.2. The average molecular weight is 555 g/mol. The Morgan fingerprint density at radius 3 is 2.20 bits per heavy atom. The molecular weight excluding hydrogens is 512 g/mol. The molecule has 0 radical (unpaired) electrons. The van der Waals surface area contributed by atoms with Crippen LogP contribution in [0.1, 0.15) is 78.6 Å². The molecular formula is C35H42N2O4. The van der Waals surface area contributed by atoms with Crippen LogP contribution in [0.5, 0.6) is 5.75 Å². The van der Waals surface area contributed by atoms with Crippen molar-refractivity contribution < 1.29 is 19.4 Å². The molecule has 41 heavy (non-hydrogen) atoms. The van der Waals surface area contributed by atoms with Gasteiger partial charge in [-0.1, -0.05) is 49.7 Å². The van der Waals surface area contributed by atoms with Crippen molar-refractivity contribution in [2.24, 2.45) is 0 Å². The normalized spacial score (nSPS) is 16.5. The van der Waals surface area contributed by atoms with Gasteiger partial charge in [-0.2, -0.15) is 0 Å². The van der Waals surface area contributed by atoms with Gasteiger partial charge in [-0.3, -0.25) is 9.59 Å². The Kier molecular flexibility index (Phi) is 8.91. The molecule has 3 aromatic carbocycles. The van der Waals surface area contributed by atoms with Crippen molar-refractivity contribution in [3.8, 4) is 5.75 Å². The number of hydrogen-bond donors (Lipinski definition) is 1. The lowest BCUT2D eigenvalue weighted by Gasteiger charge is -2.27. The van der Waals surface area contributed by atoms with Crippen molar-refractivity contribution in [2.45, 2.75) is 67.0 Å². The lowest BCUT2D eigenvalue weighted by atomic mass is 9.91. The van der Waals surface area contributed by atoms with Crippen molar-refractivity contribution in [1.82, 2.24) is 4.90 Å². The lowest BCUT2D eigenvalue weighted by molar-refractivity contribution is -0.140. The standard InChI is InChI=1S/C35H42N2O4/c1-9-36(10-2)27-15-13-25(14-16-27)32-31(33(38)29-19-28(21(3)4)30(41-8)18-24(29)7)34(39)35(40)37(32)20-26-17-22(5)11-12-23(26)6/h11-19,21,32,38H,9-10,20H2,1-8H3/b33-31+. The number of ether oxygens (including phenoxy) is 1. The van der Waals surface area contributed by atoms with Gasteiger partial charge in [0.05, 0.1) is 18.7 Å². The third kappa shape index (κ3) is 5.74. The van der Waals surface area contributed by atoms with Crippen LogP contribution < -0.4 is 9.64 Å². The third-order valence-electron chi connectivity index (χ3n) is 8.18. The number of ketones is 1. The topological polar surface area (TPSA) is 70.1 Å². The monoisotopic (exact) mass is 554 g/mol. The number of aryl methyl sites for hydroxylation is 3. The number of carbonyl (C=O) groups is 2. The fraction of sp³-hybridized carbons (Fsp3) is 0.371. The minimum Gasteiger partial charge on any atom is -0.507 e. The maximum atomic E-state index is 13.7. The van der Waals surface area contributed by atoms with E-state index in [1.807, 2.05) is 69.3 Å². The molecule has 1 heterocycles. The largest absolute Gasteiger partial charge is 0.507 e. The number of Topliss-reactive ketones (excluding diaryl/α,β-unsaturated/α-hetero) is 1. The molecule has 1 atom stereocenters. The quantitative estimate of drug-likeness (QED) is 0.172. The number of rotatable bonds is 9. The molecule has 4 rings (SSSR count). The Labute approximate surface area is 244 Å². The summed E-state index contributed by atoms with van der Waals surface area (Å²) in [6, 6.07) is 17.1. The Morgan fingerprint density at radius 1 is 0.951 bits per heavy atom. The molecule has 1 unspecified atom stereocenters. The summed E-state index contributed by atoms with van der Waals surface area (Å²) in [7, 11) is 1.63. The van der Waals surface area contributed by atoms with E-state index in [-0.39, 0.29) is 23.8 Å². The highest BCUT2D eigenvalue weighted by atomic mass is 16.5. The molecule has 0 aliphatic carbocycles. The van der Waals surface area contributed by atoms with Crippen LogP contribution in [0.4, 0.5) is 5.69 Å². The summed E-state index contributed by atoms with van der Waals surface area (Å²) in [5.74, 6) is -0.584. The second-order valence-electron chi connectivity index (χ2n) is 11.2. The molecule has 1 fully saturated rings. The summed E-state index contributed by atoms with van der Waals surface area (Å²) in [6.07, 6.45) is 0. The van der Waals surface area contributed by atoms with E-state index in [1.165, 1.54) is 0 Å². The van der Waals surface area contributed by atoms with Crippen molar-refractivity contribution in [3.63, 3.8) is 0 Å². The van der Waals surface area contributed by atoms with E-state index in [9.17, 15) is 14.7 Å². The van der Waals surface area contributed by atoms with Crippen LogP contribution in [0.3, 0.4) is 0 Å². The van der Waals surface area contributed by atoms with Gasteiger partial charge in [-0.15, -0.1) is 0 Å². The number of likely N-dealkylation sites (tertiary alicyclic amines) is 1. The first-order valence-corrected chi connectivity index (χ1v) is 14.4. The SMILES string of the molecule is CCN(CC)c1ccc(C2/C(=C(\O)c3cc(C(C)C)c(OC)cc3C)C(=O)C(=O)N2Cc2cc(C)ccc2C)cc1. The summed E-state index contributed by atoms with van der Waals surface area (Å²) < 4.78 is 5.60. The van der Waals surface area contributed by atoms with E-state index >= 15 is 0 Å². The lowest BCUT2D eigenvalue weighted by Crippen LogP contribution is -2.29. The Balaban J connectivity index is 1.92. The van der Waals surface area contributed by atoms with E-state index in [2.05, 4.69) is 38.7 Å². The average Bonchev–Trinajstić information content (AvgIpc) is 3.20. The summed E-state index contributed by atoms with van der Waals surface area (Å²) in [5, 5.41) is 11.8. The predicted octanol–water partition coefficient (Wildman–Crippen LogP) is 7.21. The maximum Gasteiger partial charge on any atom is 0.295 e. The van der Waals surface area contributed by atoms with Gasteiger partial charge in [-0.25, -0.2) is 0 Å². The number of anilines is 1. The van der Waals surface area contributed by atoms with Crippen molar-refractivity contribution >= 4 is 23.1 Å². The number of methoxy groups -OCH3 is 1. The minimum atomic E-state index is -0.732. The molecule has 6 nitrogen and oxygen atoms in total. The van der Waals surface area contributed by atoms with Gasteiger partial charge in [0, 0.05) is 30.9 Å². The first-order chi connectivity index (χ1) is 19.5. The molecule has 1 aliphatic heterocycles. The fourth-order valence-corrected chi connectivity index (χ4v) is 5.73. The number of benzene rings is 3. The minimum absolute atomic E-state index is 0.110. The molecule has 216 valence electrons. The highest BCUT2D eigenvalue weighted by Gasteiger charge is 2.46. The zero-order valence-electron chi connectivity index (χ0n) is 25.5. The third-order valence-corrected chi connectivity index (χ3v) is 8.18. The van der Waals surface area contributed by atoms with E-state index in [0.29, 0.717) is 5.56 Å². The molecule has 1 aliphatic rings. The van der Waals surface area contributed by atoms with Crippen LogP contribution in [0.2, 0.25) is 0 Å². The second-order valence-corrected chi connectivity index (χ2v) is 11.2. The molecule has 1 N–H and O–H groups in total. The van der Waals surface area contributed by atoms with E-state index in [4.69, 9.17) is 4.74 Å². The van der Waals surface area contributed by atoms with Gasteiger partial charge in [0.2, 0.25) is 0 Å². The molecule has 0 spiro atoms. The zero-order chi connectivity index (χ0) is 30.0. The summed E-state index contributed by atoms with van der Waals surface area (Å²) in [4.78, 5) is 31.2. The van der Waals surface area contributed by atoms with Gasteiger partial charge in [-0.05, 0) is 92.6 Å². The fourth-order valence-electron chi connectivity index (χ4n) is 5.73. The van der Waals surface area contributed by atoms with Crippen molar-refractivity contribution in [3.05, 3.63) is 99.1 Å². The first-order valence-electron chi connectivity index (χ1n) is 14.4. The Hall–Kier alpha value is -4.06. The predicted molar refractivity (Wildman–Crippen MR) is 166 cm³/mol. The van der Waals surface area contributed by atoms with Crippen molar-refractivity contribution in [2.75, 3.05) is 25.1 Å². The molecule has 0 aromatic heterocycles. The van der Waals surface area contributed by atoms with Crippen molar-refractivity contribution in [1.29, 1.82) is 0 Å². The highest BCUT2D eigenvalue weighted by molar-refractivity contribution is 6.46. The number of aliphatic hydroxyl groups excluding tert-OH is 1. The molecule has 3 aromatic rings. The van der Waals surface area contributed by atoms with E-state index in [1.54, 1.807) is 12.0 Å². The zero-order valence-corrected chi connectivity index (χ0v) is 25.5. The second kappa shape index (κ2) is 12.2. The Morgan fingerprint density at radius 2 is 1.61 bits per heavy atom. The van der Waals surface area contributed by atoms with Gasteiger partial charge in [0.25, 0.3) is 11.7 Å². The molecule has 0 bridgehead atoms. The number of hydrogen-bond acceptors (Lipinski definition) is 5. The smallest absolute Gasteiger partial charge is 0.295 e. The number of aliphatic hydroxyl groups is 1. The highest BCUT2D eigenvalue weighted by Crippen LogP contribution is 2.42. The van der Waals surface area contributed by atoms with Crippen LogP contribution in [0.15, 0.2) is 60.2 Å². The van der Waals surface area contributed by atoms with Gasteiger partial charge in [0.1, 0.15) is 11.5 Å². The van der Waals surface area contributed by atoms with Crippen LogP contribution in [-0.2, 0) is 16.1 Å². The van der Waals surface area contributed by atoms with Crippen LogP contribution in [-0.4, -0.2) is 41.9 Å². The molecule has 0 saturated carbocycles. The van der Waals surface area contributed by atoms with Crippen LogP contribution in [0.25, 0.3) is 5.76 Å². The van der Waals surface area contributed by atoms with Gasteiger partial charge in [0.15, 0.2) is 0 Å². The van der Waals surface area contributed by atoms with Gasteiger partial charge >= 0.3 is 0 Å². The molecule has 1 saturated heterocycles. The summed E-state index contributed by atoms with van der Waals surface area (Å²) >= 11 is 0. The van der Waals surface area contributed by atoms with Gasteiger partial charge < -0.3 is 19.6 Å². The first kappa shape index (κ1) is 29.9. The number of amides is 1. The Bertz CT molecular complexity index is 1480. The van der Waals surface area contributed by atoms with E-state index < -0.39 is 17.7 Å². The molecule has 6 heteroatoms. The summed E-state index contributed by atoms with van der Waals surface area (Å²) in [5.41, 5.74) is 7.27. The maximum absolute atomic E-state index is 13.7. The van der Waals surface area contributed by atoms with Crippen LogP contribution in [0, 0.1) is 20.8 Å². The van der Waals surface area contributed by atoms with Crippen LogP contribution >= 0.6 is 0 Å². The van der Waals surface area contributed by atoms with E-state index in [0.717, 1.165) is 57.9 Å². The number of carbonyl (C=O) groups excluding carboxylic acids is 2.